The summed E-state index contributed by atoms with van der Waals surface area (Å²) in [7, 11) is 0. The Morgan fingerprint density at radius 3 is 2.12 bits per heavy atom. The van der Waals surface area contributed by atoms with Gasteiger partial charge in [-0.1, -0.05) is 0 Å². The summed E-state index contributed by atoms with van der Waals surface area (Å²) in [5.41, 5.74) is -0.641. The minimum atomic E-state index is -5.15. The van der Waals surface area contributed by atoms with Crippen LogP contribution in [0.3, 0.4) is 0 Å². The number of halogens is 5. The van der Waals surface area contributed by atoms with Crippen molar-refractivity contribution in [3.05, 3.63) is 50.8 Å². The van der Waals surface area contributed by atoms with E-state index in [2.05, 4.69) is 0 Å². The molecule has 2 rings (SSSR count). The Morgan fingerprint density at radius 2 is 1.62 bits per heavy atom. The Morgan fingerprint density at radius 1 is 1.04 bits per heavy atom. The second kappa shape index (κ2) is 5.66. The highest BCUT2D eigenvalue weighted by Crippen LogP contribution is 2.37. The number of nitrogens with one attached hydrogen (secondary N) is 1. The molecule has 1 aromatic carbocycles. The van der Waals surface area contributed by atoms with Crippen molar-refractivity contribution < 1.29 is 22.0 Å². The third kappa shape index (κ3) is 2.65. The van der Waals surface area contributed by atoms with Crippen LogP contribution in [0.4, 0.5) is 27.8 Å². The van der Waals surface area contributed by atoms with Gasteiger partial charge in [-0.25, -0.2) is 8.78 Å². The van der Waals surface area contributed by atoms with Gasteiger partial charge < -0.3 is 10.7 Å². The van der Waals surface area contributed by atoms with E-state index in [0.717, 1.165) is 0 Å². The fraction of sp³-hybridized carbons (Fsp3) is 0.0714. The van der Waals surface area contributed by atoms with Gasteiger partial charge in [-0.3, -0.25) is 4.79 Å². The van der Waals surface area contributed by atoms with E-state index in [9.17, 15) is 26.7 Å². The fourth-order valence-electron chi connectivity index (χ4n) is 2.07. The molecule has 0 saturated carbocycles. The second-order valence-electron chi connectivity index (χ2n) is 4.53. The number of nitrogen functional groups attached to an aromatic ring is 1. The quantitative estimate of drug-likeness (QED) is 0.778. The fourth-order valence-corrected chi connectivity index (χ4v) is 2.07. The van der Waals surface area contributed by atoms with E-state index in [-0.39, 0.29) is 12.1 Å². The molecule has 0 bridgehead atoms. The molecule has 5 nitrogen and oxygen atoms in total. The lowest BCUT2D eigenvalue weighted by Gasteiger charge is -2.13. The van der Waals surface area contributed by atoms with Crippen molar-refractivity contribution in [3.63, 3.8) is 0 Å². The summed E-state index contributed by atoms with van der Waals surface area (Å²) in [6.45, 7) is 0. The van der Waals surface area contributed by atoms with E-state index in [1.807, 2.05) is 4.98 Å². The summed E-state index contributed by atoms with van der Waals surface area (Å²) >= 11 is 0. The highest BCUT2D eigenvalue weighted by molar-refractivity contribution is 5.80. The first-order valence-electron chi connectivity index (χ1n) is 6.04. The van der Waals surface area contributed by atoms with Crippen LogP contribution in [0, 0.1) is 34.3 Å². The normalized spacial score (nSPS) is 11.0. The van der Waals surface area contributed by atoms with Crippen LogP contribution < -0.4 is 11.3 Å². The number of nitrogens with two attached hydrogens (primary N) is 1. The summed E-state index contributed by atoms with van der Waals surface area (Å²) in [5.74, 6) is -3.93. The zero-order chi connectivity index (χ0) is 18.2. The summed E-state index contributed by atoms with van der Waals surface area (Å²) in [5, 5.41) is 18.1. The van der Waals surface area contributed by atoms with Gasteiger partial charge in [-0.15, -0.1) is 0 Å². The average Bonchev–Trinajstić information content (AvgIpc) is 2.45. The second-order valence-corrected chi connectivity index (χ2v) is 4.53. The van der Waals surface area contributed by atoms with E-state index in [0.29, 0.717) is 0 Å². The molecule has 0 atom stereocenters. The lowest BCUT2D eigenvalue weighted by molar-refractivity contribution is -0.140. The average molecular weight is 340 g/mol. The topological polar surface area (TPSA) is 106 Å². The van der Waals surface area contributed by atoms with Crippen LogP contribution in [0.5, 0.6) is 0 Å². The van der Waals surface area contributed by atoms with Gasteiger partial charge in [0, 0.05) is 17.2 Å². The Hall–Kier alpha value is -3.40. The highest BCUT2D eigenvalue weighted by Gasteiger charge is 2.36. The molecule has 0 amide bonds. The Bertz CT molecular complexity index is 979. The van der Waals surface area contributed by atoms with Crippen LogP contribution in [0.1, 0.15) is 16.7 Å². The number of hydrogen-bond acceptors (Lipinski definition) is 4. The molecule has 2 aromatic rings. The number of H-pyrrole nitrogens is 1. The van der Waals surface area contributed by atoms with Gasteiger partial charge in [0.2, 0.25) is 0 Å². The lowest BCUT2D eigenvalue weighted by atomic mass is 9.94. The standard InChI is InChI=1S/C14H5F5N4O/c15-9-2-10(16)8(14(17,18)19)1-5(9)11-6(3-20)12(22)23-13(24)7(11)4-21/h1-2H,(H3,22,23,24). The first-order valence-corrected chi connectivity index (χ1v) is 6.04. The van der Waals surface area contributed by atoms with Crippen LogP contribution in [0.15, 0.2) is 16.9 Å². The predicted octanol–water partition coefficient (Wildman–Crippen LogP) is 2.66. The molecule has 0 radical (unpaired) electrons. The molecule has 10 heteroatoms. The predicted molar refractivity (Wildman–Crippen MR) is 71.3 cm³/mol. The molecule has 0 fully saturated rings. The van der Waals surface area contributed by atoms with E-state index in [1.165, 1.54) is 12.1 Å². The minimum absolute atomic E-state index is 0.0438. The number of nitrogens with zero attached hydrogens (tertiary/aromatic N) is 2. The number of benzene rings is 1. The maximum Gasteiger partial charge on any atom is 0.419 e. The van der Waals surface area contributed by atoms with Crippen LogP contribution in [-0.2, 0) is 6.18 Å². The number of aromatic nitrogens is 1. The zero-order valence-corrected chi connectivity index (χ0v) is 11.4. The zero-order valence-electron chi connectivity index (χ0n) is 11.4. The third-order valence-corrected chi connectivity index (χ3v) is 3.10. The summed E-state index contributed by atoms with van der Waals surface area (Å²) in [6, 6.07) is 2.89. The SMILES string of the molecule is N#Cc1c(N)[nH]c(=O)c(C#N)c1-c1cc(C(F)(F)F)c(F)cc1F. The van der Waals surface area contributed by atoms with E-state index in [1.54, 1.807) is 0 Å². The molecular formula is C14H5F5N4O. The molecule has 0 saturated heterocycles. The molecule has 122 valence electrons. The summed E-state index contributed by atoms with van der Waals surface area (Å²) < 4.78 is 65.8. The molecule has 0 unspecified atom stereocenters. The number of alkyl halides is 3. The van der Waals surface area contributed by atoms with Crippen molar-refractivity contribution in [1.82, 2.24) is 4.98 Å². The highest BCUT2D eigenvalue weighted by atomic mass is 19.4. The van der Waals surface area contributed by atoms with Crippen LogP contribution in [0.2, 0.25) is 0 Å². The number of hydrogen-bond donors (Lipinski definition) is 2. The van der Waals surface area contributed by atoms with Crippen LogP contribution in [-0.4, -0.2) is 4.98 Å². The van der Waals surface area contributed by atoms with Gasteiger partial charge in [0.25, 0.3) is 5.56 Å². The van der Waals surface area contributed by atoms with Gasteiger partial charge in [0.1, 0.15) is 40.7 Å². The van der Waals surface area contributed by atoms with Crippen molar-refractivity contribution in [1.29, 1.82) is 10.5 Å². The van der Waals surface area contributed by atoms with E-state index < -0.39 is 57.0 Å². The molecule has 0 aliphatic rings. The number of pyridine rings is 1. The number of aromatic amines is 1. The van der Waals surface area contributed by atoms with Crippen molar-refractivity contribution in [2.75, 3.05) is 5.73 Å². The number of nitriles is 2. The number of rotatable bonds is 1. The first kappa shape index (κ1) is 17.0. The molecule has 1 heterocycles. The van der Waals surface area contributed by atoms with Gasteiger partial charge in [-0.2, -0.15) is 23.7 Å². The Labute approximate surface area is 130 Å². The maximum absolute atomic E-state index is 14.0. The summed E-state index contributed by atoms with van der Waals surface area (Å²) in [6.07, 6.45) is -5.15. The van der Waals surface area contributed by atoms with Gasteiger partial charge >= 0.3 is 6.18 Å². The van der Waals surface area contributed by atoms with Gasteiger partial charge in [0.05, 0.1) is 5.56 Å². The van der Waals surface area contributed by atoms with Gasteiger partial charge in [-0.05, 0) is 6.07 Å². The Kier molecular flexibility index (Phi) is 4.00. The van der Waals surface area contributed by atoms with E-state index in [4.69, 9.17) is 16.3 Å². The lowest BCUT2D eigenvalue weighted by Crippen LogP contribution is -2.17. The first-order chi connectivity index (χ1) is 11.1. The smallest absolute Gasteiger partial charge is 0.384 e. The molecule has 24 heavy (non-hydrogen) atoms. The van der Waals surface area contributed by atoms with Gasteiger partial charge in [0.15, 0.2) is 0 Å². The van der Waals surface area contributed by atoms with Crippen molar-refractivity contribution >= 4 is 5.82 Å². The monoisotopic (exact) mass is 340 g/mol. The van der Waals surface area contributed by atoms with Crippen molar-refractivity contribution in [2.24, 2.45) is 0 Å². The maximum atomic E-state index is 14.0. The number of anilines is 1. The molecule has 1 aromatic heterocycles. The molecular weight excluding hydrogens is 335 g/mol. The molecule has 3 N–H and O–H groups in total. The third-order valence-electron chi connectivity index (χ3n) is 3.10. The van der Waals surface area contributed by atoms with E-state index >= 15 is 0 Å². The van der Waals surface area contributed by atoms with Crippen molar-refractivity contribution in [2.45, 2.75) is 6.18 Å². The largest absolute Gasteiger partial charge is 0.419 e. The Balaban J connectivity index is 3.01. The van der Waals surface area contributed by atoms with Crippen molar-refractivity contribution in [3.8, 4) is 23.3 Å². The molecule has 0 aliphatic carbocycles. The molecule has 0 aliphatic heterocycles. The molecule has 0 spiro atoms. The summed E-state index contributed by atoms with van der Waals surface area (Å²) in [4.78, 5) is 13.7. The van der Waals surface area contributed by atoms with Crippen LogP contribution >= 0.6 is 0 Å². The van der Waals surface area contributed by atoms with Crippen LogP contribution in [0.25, 0.3) is 11.1 Å². The minimum Gasteiger partial charge on any atom is -0.384 e.